The van der Waals surface area contributed by atoms with Crippen LogP contribution in [0.4, 0.5) is 26.3 Å². The predicted molar refractivity (Wildman–Crippen MR) is 95.0 cm³/mol. The van der Waals surface area contributed by atoms with Crippen LogP contribution < -0.4 is 5.32 Å². The van der Waals surface area contributed by atoms with E-state index in [2.05, 4.69) is 5.32 Å². The summed E-state index contributed by atoms with van der Waals surface area (Å²) in [5, 5.41) is 3.16. The Morgan fingerprint density at radius 2 is 1.44 bits per heavy atom. The molecule has 0 saturated carbocycles. The van der Waals surface area contributed by atoms with Gasteiger partial charge in [-0.3, -0.25) is 4.90 Å². The Kier molecular flexibility index (Phi) is 8.89. The third-order valence-corrected chi connectivity index (χ3v) is 4.67. The third-order valence-electron chi connectivity index (χ3n) is 4.67. The van der Waals surface area contributed by atoms with Crippen LogP contribution in [0.3, 0.4) is 0 Å². The fraction of sp³-hybridized carbons (Fsp3) is 0.667. The zero-order valence-corrected chi connectivity index (χ0v) is 15.9. The van der Waals surface area contributed by atoms with Gasteiger partial charge in [0.25, 0.3) is 0 Å². The van der Waals surface area contributed by atoms with Crippen LogP contribution >= 0.6 is 12.4 Å². The van der Waals surface area contributed by atoms with E-state index in [4.69, 9.17) is 0 Å². The van der Waals surface area contributed by atoms with Crippen molar-refractivity contribution in [1.82, 2.24) is 10.2 Å². The SMILES string of the molecule is CCCCC[C@@H](c1cc(C(F)(F)F)cc(C(F)(F)F)c1)N1CCNCC1.Cl. The van der Waals surface area contributed by atoms with E-state index in [1.807, 2.05) is 11.8 Å². The highest BCUT2D eigenvalue weighted by Crippen LogP contribution is 2.39. The monoisotopic (exact) mass is 418 g/mol. The first kappa shape index (κ1) is 24.0. The van der Waals surface area contributed by atoms with E-state index in [1.165, 1.54) is 0 Å². The minimum atomic E-state index is -4.81. The van der Waals surface area contributed by atoms with Gasteiger partial charge in [0.05, 0.1) is 11.1 Å². The fourth-order valence-corrected chi connectivity index (χ4v) is 3.31. The Bertz CT molecular complexity index is 550. The van der Waals surface area contributed by atoms with E-state index in [1.54, 1.807) is 0 Å². The molecule has 1 heterocycles. The number of benzene rings is 1. The molecule has 0 aliphatic carbocycles. The molecule has 1 aromatic carbocycles. The van der Waals surface area contributed by atoms with Crippen molar-refractivity contribution in [2.75, 3.05) is 26.2 Å². The summed E-state index contributed by atoms with van der Waals surface area (Å²) in [5.41, 5.74) is -2.37. The van der Waals surface area contributed by atoms with E-state index >= 15 is 0 Å². The molecule has 2 nitrogen and oxygen atoms in total. The van der Waals surface area contributed by atoms with Gasteiger partial charge in [0.1, 0.15) is 0 Å². The summed E-state index contributed by atoms with van der Waals surface area (Å²) in [6.45, 7) is 4.57. The van der Waals surface area contributed by atoms with Crippen molar-refractivity contribution in [1.29, 1.82) is 0 Å². The lowest BCUT2D eigenvalue weighted by Gasteiger charge is -2.36. The van der Waals surface area contributed by atoms with Gasteiger partial charge < -0.3 is 5.32 Å². The van der Waals surface area contributed by atoms with Crippen LogP contribution in [-0.4, -0.2) is 31.1 Å². The van der Waals surface area contributed by atoms with Gasteiger partial charge in [-0.2, -0.15) is 26.3 Å². The normalized spacial score (nSPS) is 17.4. The van der Waals surface area contributed by atoms with Crippen molar-refractivity contribution < 1.29 is 26.3 Å². The number of hydrogen-bond donors (Lipinski definition) is 1. The maximum Gasteiger partial charge on any atom is 0.416 e. The summed E-state index contributed by atoms with van der Waals surface area (Å²) in [6.07, 6.45) is -6.48. The lowest BCUT2D eigenvalue weighted by atomic mass is 9.94. The number of piperazine rings is 1. The first-order valence-corrected chi connectivity index (χ1v) is 8.87. The minimum absolute atomic E-state index is 0. The Balaban J connectivity index is 0.00000364. The van der Waals surface area contributed by atoms with E-state index in [-0.39, 0.29) is 24.0 Å². The third kappa shape index (κ3) is 6.84. The zero-order chi connectivity index (χ0) is 19.4. The van der Waals surface area contributed by atoms with Gasteiger partial charge in [-0.15, -0.1) is 12.4 Å². The summed E-state index contributed by atoms with van der Waals surface area (Å²) in [4.78, 5) is 1.99. The van der Waals surface area contributed by atoms with Crippen LogP contribution in [0.5, 0.6) is 0 Å². The fourth-order valence-electron chi connectivity index (χ4n) is 3.31. The smallest absolute Gasteiger partial charge is 0.314 e. The van der Waals surface area contributed by atoms with Crippen LogP contribution in [0.25, 0.3) is 0 Å². The number of rotatable bonds is 6. The largest absolute Gasteiger partial charge is 0.416 e. The number of unbranched alkanes of at least 4 members (excludes halogenated alkanes) is 2. The first-order valence-electron chi connectivity index (χ1n) is 8.87. The molecule has 1 aliphatic heterocycles. The van der Waals surface area contributed by atoms with Crippen molar-refractivity contribution in [3.05, 3.63) is 34.9 Å². The summed E-state index contributed by atoms with van der Waals surface area (Å²) in [5.74, 6) is 0. The molecule has 0 radical (unpaired) electrons. The van der Waals surface area contributed by atoms with E-state index < -0.39 is 29.5 Å². The average molecular weight is 419 g/mol. The molecule has 9 heteroatoms. The molecule has 2 rings (SSSR count). The van der Waals surface area contributed by atoms with Crippen LogP contribution in [0.15, 0.2) is 18.2 Å². The standard InChI is InChI=1S/C18H24F6N2.ClH/c1-2-3-4-5-16(26-8-6-25-7-9-26)13-10-14(17(19,20)21)12-15(11-13)18(22,23)24;/h10-12,16,25H,2-9H2,1H3;1H/t16-;/m0./s1. The number of nitrogens with zero attached hydrogens (tertiary/aromatic N) is 1. The Morgan fingerprint density at radius 1 is 0.926 bits per heavy atom. The van der Waals surface area contributed by atoms with Crippen LogP contribution in [0.1, 0.15) is 55.3 Å². The molecular weight excluding hydrogens is 394 g/mol. The van der Waals surface area contributed by atoms with Gasteiger partial charge in [-0.05, 0) is 30.2 Å². The van der Waals surface area contributed by atoms with Crippen molar-refractivity contribution in [3.63, 3.8) is 0 Å². The van der Waals surface area contributed by atoms with Gasteiger partial charge in [0.15, 0.2) is 0 Å². The molecule has 1 saturated heterocycles. The molecule has 1 N–H and O–H groups in total. The molecule has 0 amide bonds. The van der Waals surface area contributed by atoms with E-state index in [0.717, 1.165) is 31.4 Å². The van der Waals surface area contributed by atoms with Crippen molar-refractivity contribution in [2.45, 2.75) is 51.0 Å². The molecule has 0 unspecified atom stereocenters. The molecule has 0 aromatic heterocycles. The summed E-state index contributed by atoms with van der Waals surface area (Å²) >= 11 is 0. The van der Waals surface area contributed by atoms with Crippen LogP contribution in [-0.2, 0) is 12.4 Å². The molecule has 1 aromatic rings. The second-order valence-electron chi connectivity index (χ2n) is 6.64. The Morgan fingerprint density at radius 3 is 1.89 bits per heavy atom. The van der Waals surface area contributed by atoms with Crippen LogP contribution in [0.2, 0.25) is 0 Å². The van der Waals surface area contributed by atoms with Crippen LogP contribution in [0, 0.1) is 0 Å². The number of alkyl halides is 6. The Hall–Kier alpha value is -0.990. The molecular formula is C18H25ClF6N2. The summed E-state index contributed by atoms with van der Waals surface area (Å²) in [6, 6.07) is 1.53. The lowest BCUT2D eigenvalue weighted by molar-refractivity contribution is -0.143. The number of halogens is 7. The molecule has 0 bridgehead atoms. The average Bonchev–Trinajstić information content (AvgIpc) is 2.57. The van der Waals surface area contributed by atoms with Crippen molar-refractivity contribution in [3.8, 4) is 0 Å². The highest BCUT2D eigenvalue weighted by Gasteiger charge is 2.38. The van der Waals surface area contributed by atoms with Crippen molar-refractivity contribution >= 4 is 12.4 Å². The predicted octanol–water partition coefficient (Wildman–Crippen LogP) is 5.67. The number of nitrogens with one attached hydrogen (secondary N) is 1. The summed E-state index contributed by atoms with van der Waals surface area (Å²) in [7, 11) is 0. The zero-order valence-electron chi connectivity index (χ0n) is 15.1. The highest BCUT2D eigenvalue weighted by molar-refractivity contribution is 5.85. The first-order chi connectivity index (χ1) is 12.1. The topological polar surface area (TPSA) is 15.3 Å². The van der Waals surface area contributed by atoms with Gasteiger partial charge in [-0.1, -0.05) is 26.2 Å². The second kappa shape index (κ2) is 9.98. The van der Waals surface area contributed by atoms with Crippen molar-refractivity contribution in [2.24, 2.45) is 0 Å². The minimum Gasteiger partial charge on any atom is -0.314 e. The molecule has 1 aliphatic rings. The molecule has 27 heavy (non-hydrogen) atoms. The molecule has 156 valence electrons. The van der Waals surface area contributed by atoms with Gasteiger partial charge >= 0.3 is 12.4 Å². The van der Waals surface area contributed by atoms with E-state index in [9.17, 15) is 26.3 Å². The lowest BCUT2D eigenvalue weighted by Crippen LogP contribution is -2.45. The maximum atomic E-state index is 13.2. The van der Waals surface area contributed by atoms with Gasteiger partial charge in [0.2, 0.25) is 0 Å². The molecule has 1 atom stereocenters. The van der Waals surface area contributed by atoms with Gasteiger partial charge in [-0.25, -0.2) is 0 Å². The second-order valence-corrected chi connectivity index (χ2v) is 6.64. The molecule has 0 spiro atoms. The quantitative estimate of drug-likeness (QED) is 0.473. The van der Waals surface area contributed by atoms with E-state index in [0.29, 0.717) is 32.6 Å². The molecule has 1 fully saturated rings. The summed E-state index contributed by atoms with van der Waals surface area (Å²) < 4.78 is 78.9. The maximum absolute atomic E-state index is 13.2. The number of hydrogen-bond acceptors (Lipinski definition) is 2. The highest BCUT2D eigenvalue weighted by atomic mass is 35.5. The van der Waals surface area contributed by atoms with Gasteiger partial charge in [0, 0.05) is 32.2 Å². The Labute approximate surface area is 161 Å².